The second-order valence-corrected chi connectivity index (χ2v) is 4.11. The molecule has 14 heavy (non-hydrogen) atoms. The van der Waals surface area contributed by atoms with Crippen molar-refractivity contribution in [1.82, 2.24) is 15.3 Å². The first-order valence-electron chi connectivity index (χ1n) is 5.03. The minimum Gasteiger partial charge on any atom is -0.317 e. The SMILES string of the molecule is CCCNCCCSc1cnccn1. The third-order valence-corrected chi connectivity index (χ3v) is 2.71. The molecule has 1 heterocycles. The van der Waals surface area contributed by atoms with E-state index >= 15 is 0 Å². The lowest BCUT2D eigenvalue weighted by Crippen LogP contribution is -2.16. The van der Waals surface area contributed by atoms with Gasteiger partial charge in [0.15, 0.2) is 0 Å². The third kappa shape index (κ3) is 5.19. The summed E-state index contributed by atoms with van der Waals surface area (Å²) in [6.07, 6.45) is 7.63. The molecule has 0 fully saturated rings. The van der Waals surface area contributed by atoms with E-state index in [9.17, 15) is 0 Å². The molecule has 0 aliphatic rings. The Morgan fingerprint density at radius 2 is 2.29 bits per heavy atom. The van der Waals surface area contributed by atoms with Gasteiger partial charge in [0.05, 0.1) is 6.20 Å². The number of rotatable bonds is 7. The van der Waals surface area contributed by atoms with Crippen molar-refractivity contribution >= 4 is 11.8 Å². The molecule has 0 amide bonds. The van der Waals surface area contributed by atoms with Gasteiger partial charge in [-0.15, -0.1) is 11.8 Å². The zero-order chi connectivity index (χ0) is 10.1. The van der Waals surface area contributed by atoms with Crippen LogP contribution in [-0.4, -0.2) is 28.8 Å². The van der Waals surface area contributed by atoms with Crippen molar-refractivity contribution in [2.24, 2.45) is 0 Å². The quantitative estimate of drug-likeness (QED) is 0.552. The molecule has 1 aromatic rings. The van der Waals surface area contributed by atoms with E-state index in [1.54, 1.807) is 24.2 Å². The van der Waals surface area contributed by atoms with Crippen molar-refractivity contribution in [1.29, 1.82) is 0 Å². The average Bonchev–Trinajstić information content (AvgIpc) is 2.25. The summed E-state index contributed by atoms with van der Waals surface area (Å²) in [6, 6.07) is 0. The van der Waals surface area contributed by atoms with Crippen LogP contribution in [0.4, 0.5) is 0 Å². The van der Waals surface area contributed by atoms with E-state index in [0.29, 0.717) is 0 Å². The topological polar surface area (TPSA) is 37.8 Å². The van der Waals surface area contributed by atoms with Crippen LogP contribution in [0.25, 0.3) is 0 Å². The van der Waals surface area contributed by atoms with Gasteiger partial charge in [0, 0.05) is 18.1 Å². The summed E-state index contributed by atoms with van der Waals surface area (Å²) in [5.41, 5.74) is 0. The standard InChI is InChI=1S/C10H17N3S/c1-2-4-11-5-3-8-14-10-9-12-6-7-13-10/h6-7,9,11H,2-5,8H2,1H3. The highest BCUT2D eigenvalue weighted by Crippen LogP contribution is 2.13. The summed E-state index contributed by atoms with van der Waals surface area (Å²) in [5, 5.41) is 4.39. The molecule has 3 nitrogen and oxygen atoms in total. The van der Waals surface area contributed by atoms with Gasteiger partial charge in [-0.3, -0.25) is 4.98 Å². The van der Waals surface area contributed by atoms with Crippen LogP contribution < -0.4 is 5.32 Å². The van der Waals surface area contributed by atoms with E-state index < -0.39 is 0 Å². The number of nitrogens with one attached hydrogen (secondary N) is 1. The third-order valence-electron chi connectivity index (χ3n) is 1.71. The van der Waals surface area contributed by atoms with Crippen LogP contribution in [0.1, 0.15) is 19.8 Å². The highest BCUT2D eigenvalue weighted by atomic mass is 32.2. The number of hydrogen-bond acceptors (Lipinski definition) is 4. The van der Waals surface area contributed by atoms with Crippen molar-refractivity contribution in [3.63, 3.8) is 0 Å². The zero-order valence-electron chi connectivity index (χ0n) is 8.57. The van der Waals surface area contributed by atoms with Gasteiger partial charge in [-0.1, -0.05) is 6.92 Å². The lowest BCUT2D eigenvalue weighted by Gasteiger charge is -2.02. The molecule has 0 aliphatic heterocycles. The van der Waals surface area contributed by atoms with Gasteiger partial charge >= 0.3 is 0 Å². The maximum atomic E-state index is 4.19. The van der Waals surface area contributed by atoms with Gasteiger partial charge in [-0.2, -0.15) is 0 Å². The average molecular weight is 211 g/mol. The van der Waals surface area contributed by atoms with E-state index in [1.165, 1.54) is 12.8 Å². The Balaban J connectivity index is 1.99. The molecule has 1 N–H and O–H groups in total. The Morgan fingerprint density at radius 1 is 1.36 bits per heavy atom. The summed E-state index contributed by atoms with van der Waals surface area (Å²) < 4.78 is 0. The lowest BCUT2D eigenvalue weighted by atomic mass is 10.4. The molecular weight excluding hydrogens is 194 g/mol. The molecule has 0 bridgehead atoms. The fourth-order valence-electron chi connectivity index (χ4n) is 1.04. The first-order chi connectivity index (χ1) is 6.93. The molecule has 1 rings (SSSR count). The van der Waals surface area contributed by atoms with Crippen LogP contribution in [0.2, 0.25) is 0 Å². The molecule has 4 heteroatoms. The predicted octanol–water partition coefficient (Wildman–Crippen LogP) is 1.96. The highest BCUT2D eigenvalue weighted by Gasteiger charge is 1.93. The molecule has 0 aliphatic carbocycles. The maximum absolute atomic E-state index is 4.19. The fraction of sp³-hybridized carbons (Fsp3) is 0.600. The van der Waals surface area contributed by atoms with Crippen LogP contribution in [-0.2, 0) is 0 Å². The van der Waals surface area contributed by atoms with E-state index in [4.69, 9.17) is 0 Å². The Bertz CT molecular complexity index is 228. The van der Waals surface area contributed by atoms with Gasteiger partial charge in [0.1, 0.15) is 5.03 Å². The highest BCUT2D eigenvalue weighted by molar-refractivity contribution is 7.99. The lowest BCUT2D eigenvalue weighted by molar-refractivity contribution is 0.664. The molecule has 78 valence electrons. The molecule has 0 unspecified atom stereocenters. The summed E-state index contributed by atoms with van der Waals surface area (Å²) in [6.45, 7) is 4.40. The van der Waals surface area contributed by atoms with Crippen molar-refractivity contribution in [2.75, 3.05) is 18.8 Å². The van der Waals surface area contributed by atoms with E-state index in [1.807, 2.05) is 6.20 Å². The van der Waals surface area contributed by atoms with Crippen LogP contribution in [0.3, 0.4) is 0 Å². The van der Waals surface area contributed by atoms with Crippen molar-refractivity contribution in [3.8, 4) is 0 Å². The smallest absolute Gasteiger partial charge is 0.114 e. The molecule has 1 aromatic heterocycles. The second-order valence-electron chi connectivity index (χ2n) is 3.00. The van der Waals surface area contributed by atoms with Gasteiger partial charge in [-0.05, 0) is 25.9 Å². The van der Waals surface area contributed by atoms with Crippen LogP contribution in [0.5, 0.6) is 0 Å². The number of nitrogens with zero attached hydrogens (tertiary/aromatic N) is 2. The first kappa shape index (κ1) is 11.5. The van der Waals surface area contributed by atoms with Crippen LogP contribution in [0.15, 0.2) is 23.6 Å². The number of aromatic nitrogens is 2. The fourth-order valence-corrected chi connectivity index (χ4v) is 1.80. The van der Waals surface area contributed by atoms with Gasteiger partial charge < -0.3 is 5.32 Å². The van der Waals surface area contributed by atoms with E-state index in [-0.39, 0.29) is 0 Å². The molecule has 0 aromatic carbocycles. The summed E-state index contributed by atoms with van der Waals surface area (Å²) in [4.78, 5) is 8.21. The maximum Gasteiger partial charge on any atom is 0.114 e. The first-order valence-corrected chi connectivity index (χ1v) is 6.01. The zero-order valence-corrected chi connectivity index (χ0v) is 9.39. The van der Waals surface area contributed by atoms with Crippen molar-refractivity contribution < 1.29 is 0 Å². The second kappa shape index (κ2) is 7.76. The number of thioether (sulfide) groups is 1. The van der Waals surface area contributed by atoms with Gasteiger partial charge in [-0.25, -0.2) is 4.98 Å². The van der Waals surface area contributed by atoms with Gasteiger partial charge in [0.25, 0.3) is 0 Å². The summed E-state index contributed by atoms with van der Waals surface area (Å²) in [7, 11) is 0. The van der Waals surface area contributed by atoms with Gasteiger partial charge in [0.2, 0.25) is 0 Å². The molecule has 0 spiro atoms. The Morgan fingerprint density at radius 3 is 3.00 bits per heavy atom. The largest absolute Gasteiger partial charge is 0.317 e. The summed E-state index contributed by atoms with van der Waals surface area (Å²) in [5.74, 6) is 1.11. The van der Waals surface area contributed by atoms with E-state index in [0.717, 1.165) is 23.9 Å². The Hall–Kier alpha value is -0.610. The normalized spacial score (nSPS) is 10.4. The Kier molecular flexibility index (Phi) is 6.36. The molecule has 0 saturated heterocycles. The molecule has 0 saturated carbocycles. The monoisotopic (exact) mass is 211 g/mol. The number of hydrogen-bond donors (Lipinski definition) is 1. The predicted molar refractivity (Wildman–Crippen MR) is 60.5 cm³/mol. The van der Waals surface area contributed by atoms with Crippen LogP contribution in [0, 0.1) is 0 Å². The minimum absolute atomic E-state index is 1.02. The molecular formula is C10H17N3S. The molecule has 0 radical (unpaired) electrons. The van der Waals surface area contributed by atoms with Crippen molar-refractivity contribution in [3.05, 3.63) is 18.6 Å². The molecule has 0 atom stereocenters. The Labute approximate surface area is 89.7 Å². The van der Waals surface area contributed by atoms with Crippen LogP contribution >= 0.6 is 11.8 Å². The summed E-state index contributed by atoms with van der Waals surface area (Å²) >= 11 is 1.76. The van der Waals surface area contributed by atoms with Crippen molar-refractivity contribution in [2.45, 2.75) is 24.8 Å². The minimum atomic E-state index is 1.02. The van der Waals surface area contributed by atoms with E-state index in [2.05, 4.69) is 22.2 Å².